The number of rotatable bonds is 10. The molecule has 1 unspecified atom stereocenters. The van der Waals surface area contributed by atoms with Crippen LogP contribution >= 0.6 is 11.3 Å². The Labute approximate surface area is 247 Å². The number of thiazole rings is 1. The molecule has 2 saturated carbocycles. The maximum absolute atomic E-state index is 13.4. The Morgan fingerprint density at radius 2 is 1.81 bits per heavy atom. The molecule has 0 spiro atoms. The molecule has 6 rings (SSSR count). The molecule has 2 aliphatic rings. The number of hydrogen-bond acceptors (Lipinski definition) is 11. The monoisotopic (exact) mass is 612 g/mol. The molecule has 42 heavy (non-hydrogen) atoms. The molecule has 1 aromatic carbocycles. The van der Waals surface area contributed by atoms with Gasteiger partial charge in [-0.25, -0.2) is 22.8 Å². The molecule has 3 heterocycles. The lowest BCUT2D eigenvalue weighted by atomic mass is 10.1. The largest absolute Gasteiger partial charge is 0.390 e. The third-order valence-corrected chi connectivity index (χ3v) is 10.7. The molecule has 4 atom stereocenters. The normalized spacial score (nSPS) is 22.5. The Hall–Kier alpha value is -3.26. The van der Waals surface area contributed by atoms with E-state index in [1.807, 2.05) is 13.0 Å². The molecule has 2 aliphatic carbocycles. The molecule has 222 valence electrons. The van der Waals surface area contributed by atoms with Crippen molar-refractivity contribution in [3.05, 3.63) is 53.7 Å². The van der Waals surface area contributed by atoms with Gasteiger partial charge >= 0.3 is 0 Å². The van der Waals surface area contributed by atoms with Crippen molar-refractivity contribution in [1.29, 1.82) is 0 Å². The number of aliphatic hydroxyl groups excluding tert-OH is 2. The van der Waals surface area contributed by atoms with Crippen molar-refractivity contribution < 1.29 is 23.0 Å². The standard InChI is InChI=1S/C29H33FN6O4S2/c1-3-4-20-24-22(11-12-31-20)41-28(35-24)23-15(2)32-29(33-18-7-8-18)36-27(23)34-21-13-16(25(37)26(21)38)14-42(39,40)19-9-5-17(30)6-10-19/h5-6,9-12,16,18,21,25-26,37-38H,3-4,7-8,13-14H2,1-2H3,(H2,32,33,34,36)/t16-,21?,25-,26+/m1/s1. The molecule has 0 amide bonds. The molecule has 0 saturated heterocycles. The van der Waals surface area contributed by atoms with Gasteiger partial charge in [0.25, 0.3) is 0 Å². The summed E-state index contributed by atoms with van der Waals surface area (Å²) < 4.78 is 40.4. The summed E-state index contributed by atoms with van der Waals surface area (Å²) >= 11 is 1.51. The topological polar surface area (TPSA) is 150 Å². The first kappa shape index (κ1) is 28.8. The summed E-state index contributed by atoms with van der Waals surface area (Å²) in [4.78, 5) is 18.9. The van der Waals surface area contributed by atoms with Gasteiger partial charge in [0.2, 0.25) is 5.95 Å². The molecule has 13 heteroatoms. The summed E-state index contributed by atoms with van der Waals surface area (Å²) in [6, 6.07) is 6.17. The average Bonchev–Trinajstić information content (AvgIpc) is 3.59. The number of nitrogens with zero attached hydrogens (tertiary/aromatic N) is 4. The highest BCUT2D eigenvalue weighted by molar-refractivity contribution is 7.91. The quantitative estimate of drug-likeness (QED) is 0.193. The van der Waals surface area contributed by atoms with E-state index >= 15 is 0 Å². The molecule has 4 N–H and O–H groups in total. The molecule has 0 radical (unpaired) electrons. The van der Waals surface area contributed by atoms with Gasteiger partial charge in [-0.15, -0.1) is 11.3 Å². The fraction of sp³-hybridized carbons (Fsp3) is 0.448. The van der Waals surface area contributed by atoms with Crippen molar-refractivity contribution in [1.82, 2.24) is 19.9 Å². The minimum atomic E-state index is -3.82. The number of fused-ring (bicyclic) bond motifs is 1. The highest BCUT2D eigenvalue weighted by Crippen LogP contribution is 2.39. The summed E-state index contributed by atoms with van der Waals surface area (Å²) in [5, 5.41) is 29.3. The van der Waals surface area contributed by atoms with Crippen molar-refractivity contribution in [2.75, 3.05) is 16.4 Å². The van der Waals surface area contributed by atoms with E-state index < -0.39 is 39.8 Å². The molecular formula is C29H33FN6O4S2. The summed E-state index contributed by atoms with van der Waals surface area (Å²) in [5.74, 6) is -0.753. The number of sulfone groups is 1. The summed E-state index contributed by atoms with van der Waals surface area (Å²) in [5.41, 5.74) is 3.15. The van der Waals surface area contributed by atoms with Gasteiger partial charge in [-0.05, 0) is 62.9 Å². The minimum absolute atomic E-state index is 0.0285. The van der Waals surface area contributed by atoms with Crippen LogP contribution in [0.2, 0.25) is 0 Å². The third-order valence-electron chi connectivity index (χ3n) is 7.81. The maximum atomic E-state index is 13.4. The predicted molar refractivity (Wildman–Crippen MR) is 160 cm³/mol. The number of nitrogens with one attached hydrogen (secondary N) is 2. The van der Waals surface area contributed by atoms with Crippen LogP contribution < -0.4 is 10.6 Å². The highest BCUT2D eigenvalue weighted by atomic mass is 32.2. The van der Waals surface area contributed by atoms with Crippen molar-refractivity contribution >= 4 is 43.2 Å². The lowest BCUT2D eigenvalue weighted by Crippen LogP contribution is -2.36. The van der Waals surface area contributed by atoms with Crippen LogP contribution in [-0.2, 0) is 16.3 Å². The first-order valence-electron chi connectivity index (χ1n) is 14.1. The molecule has 0 bridgehead atoms. The lowest BCUT2D eigenvalue weighted by molar-refractivity contribution is 0.0216. The zero-order valence-corrected chi connectivity index (χ0v) is 24.9. The summed E-state index contributed by atoms with van der Waals surface area (Å²) in [6.45, 7) is 3.98. The van der Waals surface area contributed by atoms with Crippen molar-refractivity contribution in [3.63, 3.8) is 0 Å². The Morgan fingerprint density at radius 3 is 2.52 bits per heavy atom. The second kappa shape index (κ2) is 11.4. The van der Waals surface area contributed by atoms with Crippen molar-refractivity contribution in [2.24, 2.45) is 5.92 Å². The van der Waals surface area contributed by atoms with Crippen molar-refractivity contribution in [2.45, 2.75) is 75.1 Å². The fourth-order valence-electron chi connectivity index (χ4n) is 5.47. The molecule has 10 nitrogen and oxygen atoms in total. The number of anilines is 2. The Kier molecular flexibility index (Phi) is 7.85. The predicted octanol–water partition coefficient (Wildman–Crippen LogP) is 4.12. The van der Waals surface area contributed by atoms with Gasteiger partial charge in [-0.3, -0.25) is 4.98 Å². The van der Waals surface area contributed by atoms with Crippen LogP contribution in [0.4, 0.5) is 16.2 Å². The lowest BCUT2D eigenvalue weighted by Gasteiger charge is -2.21. The number of aromatic nitrogens is 4. The van der Waals surface area contributed by atoms with E-state index in [2.05, 4.69) is 22.5 Å². The zero-order valence-electron chi connectivity index (χ0n) is 23.3. The van der Waals surface area contributed by atoms with Crippen LogP contribution in [-0.4, -0.2) is 68.6 Å². The van der Waals surface area contributed by atoms with Gasteiger partial charge in [0.1, 0.15) is 28.3 Å². The van der Waals surface area contributed by atoms with Crippen LogP contribution in [0.1, 0.15) is 44.0 Å². The minimum Gasteiger partial charge on any atom is -0.390 e. The molecule has 4 aromatic rings. The number of hydrogen-bond donors (Lipinski definition) is 4. The molecule has 2 fully saturated rings. The van der Waals surface area contributed by atoms with E-state index in [-0.39, 0.29) is 17.1 Å². The fourth-order valence-corrected chi connectivity index (χ4v) is 8.19. The smallest absolute Gasteiger partial charge is 0.225 e. The number of pyridine rings is 1. The van der Waals surface area contributed by atoms with Gasteiger partial charge in [0, 0.05) is 18.2 Å². The molecule has 3 aromatic heterocycles. The third kappa shape index (κ3) is 5.83. The van der Waals surface area contributed by atoms with Crippen LogP contribution in [0.15, 0.2) is 41.4 Å². The Morgan fingerprint density at radius 1 is 1.05 bits per heavy atom. The summed E-state index contributed by atoms with van der Waals surface area (Å²) in [6.07, 6.45) is 3.27. The second-order valence-electron chi connectivity index (χ2n) is 11.1. The van der Waals surface area contributed by atoms with E-state index in [9.17, 15) is 23.0 Å². The van der Waals surface area contributed by atoms with Gasteiger partial charge in [0.05, 0.1) is 44.4 Å². The highest BCUT2D eigenvalue weighted by Gasteiger charge is 2.44. The van der Waals surface area contributed by atoms with Crippen molar-refractivity contribution in [3.8, 4) is 10.6 Å². The van der Waals surface area contributed by atoms with E-state index in [1.54, 1.807) is 6.20 Å². The zero-order chi connectivity index (χ0) is 29.6. The molecular weight excluding hydrogens is 579 g/mol. The second-order valence-corrected chi connectivity index (χ2v) is 14.2. The van der Waals surface area contributed by atoms with E-state index in [0.717, 1.165) is 53.7 Å². The number of benzene rings is 1. The first-order valence-corrected chi connectivity index (χ1v) is 16.6. The van der Waals surface area contributed by atoms with E-state index in [0.29, 0.717) is 34.1 Å². The maximum Gasteiger partial charge on any atom is 0.225 e. The van der Waals surface area contributed by atoms with E-state index in [1.165, 1.54) is 23.5 Å². The van der Waals surface area contributed by atoms with Crippen LogP contribution in [0.25, 0.3) is 20.8 Å². The average molecular weight is 613 g/mol. The van der Waals surface area contributed by atoms with Gasteiger partial charge in [0.15, 0.2) is 9.84 Å². The first-order chi connectivity index (χ1) is 20.1. The SMILES string of the molecule is CCCc1nccc2sc(-c3c(C)nc(NC4CC4)nc3NC3C[C@H](CS(=O)(=O)c4ccc(F)cc4)[C@@H](O)[C@H]3O)nc12. The summed E-state index contributed by atoms with van der Waals surface area (Å²) in [7, 11) is -3.82. The van der Waals surface area contributed by atoms with Gasteiger partial charge < -0.3 is 20.8 Å². The number of aliphatic hydroxyl groups is 2. The Balaban J connectivity index is 1.32. The number of aryl methyl sites for hydroxylation is 2. The van der Waals surface area contributed by atoms with Crippen LogP contribution in [0.3, 0.4) is 0 Å². The van der Waals surface area contributed by atoms with E-state index in [4.69, 9.17) is 15.0 Å². The van der Waals surface area contributed by atoms with Crippen LogP contribution in [0.5, 0.6) is 0 Å². The molecule has 0 aliphatic heterocycles. The van der Waals surface area contributed by atoms with Crippen LogP contribution in [0, 0.1) is 18.7 Å². The van der Waals surface area contributed by atoms with Gasteiger partial charge in [-0.2, -0.15) is 4.98 Å². The van der Waals surface area contributed by atoms with Gasteiger partial charge in [-0.1, -0.05) is 13.3 Å². The number of halogens is 1. The Bertz CT molecular complexity index is 1710.